The minimum absolute atomic E-state index is 0.125. The Morgan fingerprint density at radius 2 is 1.65 bits per heavy atom. The summed E-state index contributed by atoms with van der Waals surface area (Å²) >= 11 is 0. The monoisotopic (exact) mass is 309 g/mol. The van der Waals surface area contributed by atoms with Crippen LogP contribution in [-0.4, -0.2) is 23.4 Å². The van der Waals surface area contributed by atoms with E-state index in [0.29, 0.717) is 24.5 Å². The summed E-state index contributed by atoms with van der Waals surface area (Å²) in [5, 5.41) is 5.60. The van der Waals surface area contributed by atoms with E-state index < -0.39 is 0 Å². The first-order valence-corrected chi connectivity index (χ1v) is 7.62. The number of urea groups is 1. The molecule has 0 aliphatic carbocycles. The third-order valence-corrected chi connectivity index (χ3v) is 3.85. The van der Waals surface area contributed by atoms with Crippen molar-refractivity contribution < 1.29 is 9.59 Å². The van der Waals surface area contributed by atoms with Gasteiger partial charge in [-0.1, -0.05) is 30.3 Å². The second-order valence-electron chi connectivity index (χ2n) is 5.63. The molecular weight excluding hydrogens is 290 g/mol. The number of rotatable bonds is 2. The smallest absolute Gasteiger partial charge is 0.322 e. The second kappa shape index (κ2) is 6.52. The van der Waals surface area contributed by atoms with Crippen LogP contribution in [-0.2, 0) is 17.8 Å². The lowest BCUT2D eigenvalue weighted by molar-refractivity contribution is -0.114. The summed E-state index contributed by atoms with van der Waals surface area (Å²) in [7, 11) is 0. The van der Waals surface area contributed by atoms with E-state index in [9.17, 15) is 9.59 Å². The molecule has 3 amide bonds. The number of carbonyl (C=O) groups is 2. The molecule has 0 aromatic heterocycles. The van der Waals surface area contributed by atoms with Gasteiger partial charge in [-0.05, 0) is 35.7 Å². The maximum absolute atomic E-state index is 12.4. The summed E-state index contributed by atoms with van der Waals surface area (Å²) in [5.41, 5.74) is 3.84. The van der Waals surface area contributed by atoms with Crippen LogP contribution >= 0.6 is 0 Å². The standard InChI is InChI=1S/C18H19N3O2/c1-13(22)19-16-7-4-8-17(11-16)20-18(23)21-10-9-14-5-2-3-6-15(14)12-21/h2-8,11H,9-10,12H2,1H3,(H,19,22)(H,20,23). The van der Waals surface area contributed by atoms with Crippen LogP contribution in [0.5, 0.6) is 0 Å². The Labute approximate surface area is 135 Å². The summed E-state index contributed by atoms with van der Waals surface area (Å²) in [6.45, 7) is 2.78. The number of hydrogen-bond acceptors (Lipinski definition) is 2. The van der Waals surface area contributed by atoms with Crippen LogP contribution < -0.4 is 10.6 Å². The van der Waals surface area contributed by atoms with Crippen molar-refractivity contribution in [3.63, 3.8) is 0 Å². The zero-order chi connectivity index (χ0) is 16.2. The molecule has 2 aromatic rings. The molecule has 0 saturated carbocycles. The molecule has 1 aliphatic heterocycles. The fraction of sp³-hybridized carbons (Fsp3) is 0.222. The van der Waals surface area contributed by atoms with Crippen LogP contribution in [0.15, 0.2) is 48.5 Å². The highest BCUT2D eigenvalue weighted by molar-refractivity contribution is 5.92. The van der Waals surface area contributed by atoms with Gasteiger partial charge in [0.05, 0.1) is 0 Å². The van der Waals surface area contributed by atoms with Crippen LogP contribution in [0.3, 0.4) is 0 Å². The van der Waals surface area contributed by atoms with E-state index in [-0.39, 0.29) is 11.9 Å². The lowest BCUT2D eigenvalue weighted by Crippen LogP contribution is -2.38. The Bertz CT molecular complexity index is 743. The summed E-state index contributed by atoms with van der Waals surface area (Å²) in [6, 6.07) is 15.2. The molecule has 0 atom stereocenters. The first kappa shape index (κ1) is 15.1. The molecule has 23 heavy (non-hydrogen) atoms. The van der Waals surface area contributed by atoms with E-state index >= 15 is 0 Å². The Balaban J connectivity index is 1.67. The molecule has 0 radical (unpaired) electrons. The van der Waals surface area contributed by atoms with Crippen LogP contribution in [0.2, 0.25) is 0 Å². The quantitative estimate of drug-likeness (QED) is 0.894. The van der Waals surface area contributed by atoms with Crippen molar-refractivity contribution in [3.8, 4) is 0 Å². The van der Waals surface area contributed by atoms with Gasteiger partial charge in [0.1, 0.15) is 0 Å². The van der Waals surface area contributed by atoms with Crippen molar-refractivity contribution in [1.82, 2.24) is 4.90 Å². The first-order chi connectivity index (χ1) is 11.1. The Hall–Kier alpha value is -2.82. The molecule has 3 rings (SSSR count). The maximum atomic E-state index is 12.4. The third-order valence-electron chi connectivity index (χ3n) is 3.85. The molecule has 2 N–H and O–H groups in total. The van der Waals surface area contributed by atoms with Crippen LogP contribution in [0.25, 0.3) is 0 Å². The molecule has 5 nitrogen and oxygen atoms in total. The van der Waals surface area contributed by atoms with Crippen molar-refractivity contribution in [1.29, 1.82) is 0 Å². The molecule has 5 heteroatoms. The van der Waals surface area contributed by atoms with Crippen molar-refractivity contribution in [2.75, 3.05) is 17.2 Å². The van der Waals surface area contributed by atoms with E-state index in [1.165, 1.54) is 18.1 Å². The topological polar surface area (TPSA) is 61.4 Å². The number of benzene rings is 2. The highest BCUT2D eigenvalue weighted by Crippen LogP contribution is 2.20. The SMILES string of the molecule is CC(=O)Nc1cccc(NC(=O)N2CCc3ccccc3C2)c1. The van der Waals surface area contributed by atoms with E-state index in [0.717, 1.165) is 6.42 Å². The molecule has 0 unspecified atom stereocenters. The highest BCUT2D eigenvalue weighted by Gasteiger charge is 2.20. The van der Waals surface area contributed by atoms with Gasteiger partial charge in [-0.2, -0.15) is 0 Å². The number of fused-ring (bicyclic) bond motifs is 1. The molecule has 2 aromatic carbocycles. The number of hydrogen-bond donors (Lipinski definition) is 2. The normalized spacial score (nSPS) is 13.2. The zero-order valence-corrected chi connectivity index (χ0v) is 13.0. The van der Waals surface area contributed by atoms with Crippen LogP contribution in [0, 0.1) is 0 Å². The average molecular weight is 309 g/mol. The molecule has 1 aliphatic rings. The highest BCUT2D eigenvalue weighted by atomic mass is 16.2. The molecule has 118 valence electrons. The van der Waals surface area contributed by atoms with Crippen molar-refractivity contribution in [2.45, 2.75) is 19.9 Å². The number of nitrogens with one attached hydrogen (secondary N) is 2. The van der Waals surface area contributed by atoms with Gasteiger partial charge in [-0.25, -0.2) is 4.79 Å². The fourth-order valence-electron chi connectivity index (χ4n) is 2.75. The molecule has 0 bridgehead atoms. The lowest BCUT2D eigenvalue weighted by atomic mass is 10.0. The van der Waals surface area contributed by atoms with Gasteiger partial charge in [-0.3, -0.25) is 4.79 Å². The summed E-state index contributed by atoms with van der Waals surface area (Å²) in [5.74, 6) is -0.138. The molecule has 0 fully saturated rings. The number of nitrogens with zero attached hydrogens (tertiary/aromatic N) is 1. The van der Waals surface area contributed by atoms with Crippen LogP contribution in [0.1, 0.15) is 18.1 Å². The number of carbonyl (C=O) groups excluding carboxylic acids is 2. The summed E-state index contributed by atoms with van der Waals surface area (Å²) in [4.78, 5) is 25.3. The Morgan fingerprint density at radius 1 is 0.957 bits per heavy atom. The molecule has 0 saturated heterocycles. The fourth-order valence-corrected chi connectivity index (χ4v) is 2.75. The van der Waals surface area contributed by atoms with Gasteiger partial charge < -0.3 is 15.5 Å². The Kier molecular flexibility index (Phi) is 4.28. The maximum Gasteiger partial charge on any atom is 0.322 e. The molecule has 1 heterocycles. The van der Waals surface area contributed by atoms with E-state index in [1.54, 1.807) is 29.2 Å². The average Bonchev–Trinajstić information content (AvgIpc) is 2.54. The number of anilines is 2. The van der Waals surface area contributed by atoms with Crippen molar-refractivity contribution >= 4 is 23.3 Å². The minimum atomic E-state index is -0.138. The van der Waals surface area contributed by atoms with Crippen LogP contribution in [0.4, 0.5) is 16.2 Å². The first-order valence-electron chi connectivity index (χ1n) is 7.62. The van der Waals surface area contributed by atoms with E-state index in [1.807, 2.05) is 12.1 Å². The van der Waals surface area contributed by atoms with Gasteiger partial charge in [0.15, 0.2) is 0 Å². The lowest BCUT2D eigenvalue weighted by Gasteiger charge is -2.29. The van der Waals surface area contributed by atoms with Gasteiger partial charge >= 0.3 is 6.03 Å². The van der Waals surface area contributed by atoms with E-state index in [4.69, 9.17) is 0 Å². The van der Waals surface area contributed by atoms with Crippen molar-refractivity contribution in [2.24, 2.45) is 0 Å². The number of amides is 3. The van der Waals surface area contributed by atoms with Gasteiger partial charge in [0.25, 0.3) is 0 Å². The van der Waals surface area contributed by atoms with Crippen molar-refractivity contribution in [3.05, 3.63) is 59.7 Å². The Morgan fingerprint density at radius 3 is 2.39 bits per heavy atom. The van der Waals surface area contributed by atoms with Gasteiger partial charge in [0, 0.05) is 31.4 Å². The molecule has 0 spiro atoms. The predicted octanol–water partition coefficient (Wildman–Crippen LogP) is 3.24. The van der Waals surface area contributed by atoms with Gasteiger partial charge in [0.2, 0.25) is 5.91 Å². The second-order valence-corrected chi connectivity index (χ2v) is 5.63. The predicted molar refractivity (Wildman–Crippen MR) is 90.3 cm³/mol. The van der Waals surface area contributed by atoms with E-state index in [2.05, 4.69) is 22.8 Å². The summed E-state index contributed by atoms with van der Waals surface area (Å²) in [6.07, 6.45) is 0.871. The zero-order valence-electron chi connectivity index (χ0n) is 13.0. The molecular formula is C18H19N3O2. The largest absolute Gasteiger partial charge is 0.326 e. The van der Waals surface area contributed by atoms with Gasteiger partial charge in [-0.15, -0.1) is 0 Å². The minimum Gasteiger partial charge on any atom is -0.326 e. The third kappa shape index (κ3) is 3.69. The summed E-state index contributed by atoms with van der Waals surface area (Å²) < 4.78 is 0.